The van der Waals surface area contributed by atoms with Crippen LogP contribution in [0.3, 0.4) is 0 Å². The number of carbonyl (C=O) groups is 2. The molecule has 1 aliphatic heterocycles. The second-order valence-electron chi connectivity index (χ2n) is 8.67. The minimum absolute atomic E-state index is 0.161. The van der Waals surface area contributed by atoms with Gasteiger partial charge in [0.25, 0.3) is 5.91 Å². The Kier molecular flexibility index (Phi) is 6.25. The van der Waals surface area contributed by atoms with E-state index in [1.807, 2.05) is 18.2 Å². The summed E-state index contributed by atoms with van der Waals surface area (Å²) >= 11 is 5.89. The topological polar surface area (TPSA) is 67.4 Å². The predicted molar refractivity (Wildman–Crippen MR) is 132 cm³/mol. The van der Waals surface area contributed by atoms with Crippen molar-refractivity contribution in [2.75, 3.05) is 12.4 Å². The Morgan fingerprint density at radius 1 is 1.03 bits per heavy atom. The van der Waals surface area contributed by atoms with Crippen LogP contribution in [0.1, 0.15) is 45.7 Å². The predicted octanol–water partition coefficient (Wildman–Crippen LogP) is 5.75. The maximum absolute atomic E-state index is 13.2. The molecule has 0 unspecified atom stereocenters. The van der Waals surface area contributed by atoms with Crippen molar-refractivity contribution in [3.8, 4) is 5.75 Å². The lowest BCUT2D eigenvalue weighted by Gasteiger charge is -2.35. The van der Waals surface area contributed by atoms with Crippen molar-refractivity contribution in [3.05, 3.63) is 100 Å². The molecule has 1 aliphatic rings. The molecule has 1 amide bonds. The zero-order valence-electron chi connectivity index (χ0n) is 18.7. The van der Waals surface area contributed by atoms with Gasteiger partial charge in [-0.2, -0.15) is 0 Å². The Hall–Kier alpha value is -3.57. The van der Waals surface area contributed by atoms with Crippen molar-refractivity contribution in [1.82, 2.24) is 5.32 Å². The van der Waals surface area contributed by atoms with Crippen LogP contribution < -0.4 is 15.4 Å². The van der Waals surface area contributed by atoms with E-state index in [0.717, 1.165) is 29.0 Å². The van der Waals surface area contributed by atoms with Crippen LogP contribution in [0.4, 0.5) is 5.69 Å². The summed E-state index contributed by atoms with van der Waals surface area (Å²) in [6.45, 7) is 4.21. The molecule has 4 rings (SSSR count). The fourth-order valence-corrected chi connectivity index (χ4v) is 4.05. The third kappa shape index (κ3) is 5.26. The van der Waals surface area contributed by atoms with E-state index in [9.17, 15) is 9.59 Å². The number of hydrogen-bond donors (Lipinski definition) is 2. The number of methoxy groups -OCH3 is 1. The third-order valence-corrected chi connectivity index (χ3v) is 5.75. The highest BCUT2D eigenvalue weighted by molar-refractivity contribution is 6.30. The fourth-order valence-electron chi connectivity index (χ4n) is 3.92. The molecule has 1 heterocycles. The smallest absolute Gasteiger partial charge is 0.255 e. The van der Waals surface area contributed by atoms with E-state index in [4.69, 9.17) is 16.3 Å². The first kappa shape index (κ1) is 22.6. The number of ketones is 1. The van der Waals surface area contributed by atoms with Gasteiger partial charge in [0, 0.05) is 44.7 Å². The fraction of sp³-hybridized carbons (Fsp3) is 0.185. The van der Waals surface area contributed by atoms with Crippen LogP contribution in [0, 0.1) is 0 Å². The number of halogens is 1. The number of hydrogen-bond acceptors (Lipinski definition) is 4. The van der Waals surface area contributed by atoms with Crippen LogP contribution in [0.5, 0.6) is 5.75 Å². The highest BCUT2D eigenvalue weighted by Gasteiger charge is 2.28. The molecular formula is C27H25ClN2O3. The standard InChI is InChI=1S/C27H25ClN2O3/c1-27(2)16-19-9-12-22(33-3)14-23(19)24(30-27)15-25(31)18-5-4-6-21(13-18)29-26(32)17-7-10-20(28)11-8-17/h4-15,30H,16H2,1-3H3,(H,29,32). The van der Waals surface area contributed by atoms with Crippen LogP contribution >= 0.6 is 11.6 Å². The number of rotatable bonds is 5. The number of nitrogens with one attached hydrogen (secondary N) is 2. The first-order valence-electron chi connectivity index (χ1n) is 10.6. The largest absolute Gasteiger partial charge is 0.497 e. The van der Waals surface area contributed by atoms with Gasteiger partial charge in [0.2, 0.25) is 0 Å². The number of ether oxygens (including phenoxy) is 1. The summed E-state index contributed by atoms with van der Waals surface area (Å²) in [4.78, 5) is 25.7. The quantitative estimate of drug-likeness (QED) is 0.376. The summed E-state index contributed by atoms with van der Waals surface area (Å²) < 4.78 is 5.38. The van der Waals surface area contributed by atoms with Crippen LogP contribution in [0.2, 0.25) is 5.02 Å². The molecule has 5 nitrogen and oxygen atoms in total. The number of benzene rings is 3. The number of fused-ring (bicyclic) bond motifs is 1. The van der Waals surface area contributed by atoms with E-state index >= 15 is 0 Å². The first-order chi connectivity index (χ1) is 15.7. The molecule has 33 heavy (non-hydrogen) atoms. The molecule has 168 valence electrons. The molecule has 0 aliphatic carbocycles. The van der Waals surface area contributed by atoms with Gasteiger partial charge in [0.05, 0.1) is 7.11 Å². The van der Waals surface area contributed by atoms with Crippen LogP contribution in [-0.2, 0) is 6.42 Å². The SMILES string of the molecule is COc1ccc2c(c1)C(=CC(=O)c1cccc(NC(=O)c3ccc(Cl)cc3)c1)NC(C)(C)C2. The normalized spacial score (nSPS) is 15.3. The minimum Gasteiger partial charge on any atom is -0.497 e. The zero-order chi connectivity index (χ0) is 23.6. The summed E-state index contributed by atoms with van der Waals surface area (Å²) in [5.74, 6) is 0.304. The van der Waals surface area contributed by atoms with Gasteiger partial charge in [0.15, 0.2) is 5.78 Å². The molecule has 6 heteroatoms. The van der Waals surface area contributed by atoms with Crippen LogP contribution in [-0.4, -0.2) is 24.3 Å². The van der Waals surface area contributed by atoms with Gasteiger partial charge >= 0.3 is 0 Å². The van der Waals surface area contributed by atoms with Gasteiger partial charge < -0.3 is 15.4 Å². The summed E-state index contributed by atoms with van der Waals surface area (Å²) in [5.41, 5.74) is 4.17. The Morgan fingerprint density at radius 3 is 2.52 bits per heavy atom. The van der Waals surface area contributed by atoms with E-state index in [0.29, 0.717) is 21.8 Å². The Balaban J connectivity index is 1.60. The van der Waals surface area contributed by atoms with E-state index in [2.05, 4.69) is 24.5 Å². The lowest BCUT2D eigenvalue weighted by molar-refractivity contribution is 0.102. The molecule has 0 saturated heterocycles. The Morgan fingerprint density at radius 2 is 1.79 bits per heavy atom. The van der Waals surface area contributed by atoms with Gasteiger partial charge in [-0.3, -0.25) is 9.59 Å². The van der Waals surface area contributed by atoms with Crippen molar-refractivity contribution in [3.63, 3.8) is 0 Å². The molecule has 0 saturated carbocycles. The Bertz CT molecular complexity index is 1250. The van der Waals surface area contributed by atoms with Gasteiger partial charge in [0.1, 0.15) is 5.75 Å². The first-order valence-corrected chi connectivity index (χ1v) is 11.0. The third-order valence-electron chi connectivity index (χ3n) is 5.50. The number of amides is 1. The van der Waals surface area contributed by atoms with Gasteiger partial charge in [-0.05, 0) is 74.4 Å². The van der Waals surface area contributed by atoms with Gasteiger partial charge in [-0.15, -0.1) is 0 Å². The van der Waals surface area contributed by atoms with Gasteiger partial charge in [-0.25, -0.2) is 0 Å². The van der Waals surface area contributed by atoms with E-state index in [1.165, 1.54) is 0 Å². The highest BCUT2D eigenvalue weighted by Crippen LogP contribution is 2.32. The van der Waals surface area contributed by atoms with E-state index in [1.54, 1.807) is 61.7 Å². The summed E-state index contributed by atoms with van der Waals surface area (Å²) in [6, 6.07) is 19.5. The average Bonchev–Trinajstić information content (AvgIpc) is 2.78. The summed E-state index contributed by atoms with van der Waals surface area (Å²) in [6.07, 6.45) is 2.45. The Labute approximate surface area is 198 Å². The summed E-state index contributed by atoms with van der Waals surface area (Å²) in [5, 5.41) is 6.87. The molecule has 0 bridgehead atoms. The maximum atomic E-state index is 13.2. The van der Waals surface area contributed by atoms with Crippen molar-refractivity contribution >= 4 is 34.7 Å². The molecule has 0 fully saturated rings. The lowest BCUT2D eigenvalue weighted by atomic mass is 9.85. The summed E-state index contributed by atoms with van der Waals surface area (Å²) in [7, 11) is 1.63. The molecule has 0 spiro atoms. The molecular weight excluding hydrogens is 436 g/mol. The number of carbonyl (C=O) groups excluding carboxylic acids is 2. The van der Waals surface area contributed by atoms with Gasteiger partial charge in [-0.1, -0.05) is 29.8 Å². The molecule has 3 aromatic rings. The lowest BCUT2D eigenvalue weighted by Crippen LogP contribution is -2.43. The molecule has 0 radical (unpaired) electrons. The zero-order valence-corrected chi connectivity index (χ0v) is 19.5. The van der Waals surface area contributed by atoms with Crippen molar-refractivity contribution in [2.45, 2.75) is 25.8 Å². The number of anilines is 1. The van der Waals surface area contributed by atoms with E-state index < -0.39 is 0 Å². The van der Waals surface area contributed by atoms with Crippen LogP contribution in [0.15, 0.2) is 72.8 Å². The van der Waals surface area contributed by atoms with Crippen molar-refractivity contribution in [2.24, 2.45) is 0 Å². The molecule has 2 N–H and O–H groups in total. The number of allylic oxidation sites excluding steroid dienone is 1. The second kappa shape index (κ2) is 9.12. The monoisotopic (exact) mass is 460 g/mol. The van der Waals surface area contributed by atoms with Crippen molar-refractivity contribution in [1.29, 1.82) is 0 Å². The highest BCUT2D eigenvalue weighted by atomic mass is 35.5. The molecule has 3 aromatic carbocycles. The van der Waals surface area contributed by atoms with E-state index in [-0.39, 0.29) is 17.2 Å². The van der Waals surface area contributed by atoms with Crippen LogP contribution in [0.25, 0.3) is 5.70 Å². The second-order valence-corrected chi connectivity index (χ2v) is 9.11. The molecule has 0 atom stereocenters. The minimum atomic E-state index is -0.272. The molecule has 0 aromatic heterocycles. The average molecular weight is 461 g/mol. The van der Waals surface area contributed by atoms with Crippen molar-refractivity contribution < 1.29 is 14.3 Å². The maximum Gasteiger partial charge on any atom is 0.255 e.